The van der Waals surface area contributed by atoms with Crippen LogP contribution in [0.15, 0.2) is 6.07 Å². The van der Waals surface area contributed by atoms with E-state index in [0.29, 0.717) is 12.5 Å². The molecule has 0 aliphatic carbocycles. The number of aryl methyl sites for hydroxylation is 1. The summed E-state index contributed by atoms with van der Waals surface area (Å²) in [5, 5.41) is 14.9. The van der Waals surface area contributed by atoms with Gasteiger partial charge < -0.3 is 10.5 Å². The van der Waals surface area contributed by atoms with Gasteiger partial charge in [0.25, 0.3) is 0 Å². The molecule has 0 radical (unpaired) electrons. The van der Waals surface area contributed by atoms with Crippen molar-refractivity contribution in [2.45, 2.75) is 19.3 Å². The van der Waals surface area contributed by atoms with Gasteiger partial charge in [-0.3, -0.25) is 0 Å². The molecule has 3 aromatic rings. The van der Waals surface area contributed by atoms with Gasteiger partial charge in [0.1, 0.15) is 0 Å². The van der Waals surface area contributed by atoms with Gasteiger partial charge in [0.2, 0.25) is 4.96 Å². The minimum atomic E-state index is 0.300. The van der Waals surface area contributed by atoms with Crippen LogP contribution in [0.3, 0.4) is 0 Å². The summed E-state index contributed by atoms with van der Waals surface area (Å²) in [5.74, 6) is 1.21. The van der Waals surface area contributed by atoms with E-state index in [0.717, 1.165) is 44.3 Å². The van der Waals surface area contributed by atoms with Crippen LogP contribution in [0.25, 0.3) is 14.8 Å². The van der Waals surface area contributed by atoms with Crippen LogP contribution in [0, 0.1) is 6.92 Å². The molecule has 1 saturated heterocycles. The zero-order valence-electron chi connectivity index (χ0n) is 10.9. The highest BCUT2D eigenvalue weighted by Crippen LogP contribution is 2.36. The van der Waals surface area contributed by atoms with Crippen molar-refractivity contribution < 1.29 is 4.74 Å². The van der Waals surface area contributed by atoms with Crippen molar-refractivity contribution in [3.8, 4) is 9.88 Å². The first-order valence-corrected chi connectivity index (χ1v) is 8.02. The molecule has 20 heavy (non-hydrogen) atoms. The van der Waals surface area contributed by atoms with E-state index in [4.69, 9.17) is 10.5 Å². The molecule has 1 unspecified atom stereocenters. The van der Waals surface area contributed by atoms with Crippen molar-refractivity contribution in [1.82, 2.24) is 19.8 Å². The van der Waals surface area contributed by atoms with Crippen molar-refractivity contribution in [1.29, 1.82) is 0 Å². The second-order valence-electron chi connectivity index (χ2n) is 4.88. The highest BCUT2D eigenvalue weighted by molar-refractivity contribution is 7.25. The molecule has 104 valence electrons. The molecule has 0 bridgehead atoms. The number of ether oxygens (including phenoxy) is 1. The molecule has 8 heteroatoms. The predicted molar refractivity (Wildman–Crippen MR) is 79.3 cm³/mol. The van der Waals surface area contributed by atoms with Crippen LogP contribution in [0.4, 0.5) is 5.00 Å². The van der Waals surface area contributed by atoms with Gasteiger partial charge in [0.15, 0.2) is 10.8 Å². The lowest BCUT2D eigenvalue weighted by molar-refractivity contribution is 0.193. The number of rotatable bonds is 2. The minimum Gasteiger partial charge on any atom is -0.391 e. The first-order chi connectivity index (χ1) is 9.72. The first-order valence-electron chi connectivity index (χ1n) is 6.38. The third-order valence-corrected chi connectivity index (χ3v) is 5.56. The normalized spacial score (nSPS) is 19.1. The summed E-state index contributed by atoms with van der Waals surface area (Å²) in [7, 11) is 0. The van der Waals surface area contributed by atoms with Crippen LogP contribution >= 0.6 is 22.7 Å². The standard InChI is InChI=1S/C12H13N5OS2/c1-6-4-8(13)19-9(6)11-16-17-10(7-2-3-18-5-7)14-15-12(17)20-11/h4,7H,2-3,5,13H2,1H3. The van der Waals surface area contributed by atoms with E-state index in [9.17, 15) is 0 Å². The molecule has 6 nitrogen and oxygen atoms in total. The monoisotopic (exact) mass is 307 g/mol. The number of thiophene rings is 1. The van der Waals surface area contributed by atoms with E-state index >= 15 is 0 Å². The lowest BCUT2D eigenvalue weighted by Gasteiger charge is -2.01. The van der Waals surface area contributed by atoms with Gasteiger partial charge >= 0.3 is 0 Å². The van der Waals surface area contributed by atoms with Gasteiger partial charge in [-0.1, -0.05) is 11.3 Å². The van der Waals surface area contributed by atoms with E-state index < -0.39 is 0 Å². The number of nitrogens with two attached hydrogens (primary N) is 1. The number of anilines is 1. The Labute approximate surface area is 123 Å². The Kier molecular flexibility index (Phi) is 2.76. The SMILES string of the molecule is Cc1cc(N)sc1-c1nn2c(C3CCOC3)nnc2s1. The van der Waals surface area contributed by atoms with Crippen molar-refractivity contribution in [3.05, 3.63) is 17.5 Å². The number of aromatic nitrogens is 4. The van der Waals surface area contributed by atoms with Crippen molar-refractivity contribution >= 4 is 32.6 Å². The lowest BCUT2D eigenvalue weighted by atomic mass is 10.1. The summed E-state index contributed by atoms with van der Waals surface area (Å²) in [6.45, 7) is 3.55. The molecule has 1 atom stereocenters. The van der Waals surface area contributed by atoms with Crippen LogP contribution in [-0.4, -0.2) is 33.0 Å². The van der Waals surface area contributed by atoms with Gasteiger partial charge in [-0.25, -0.2) is 0 Å². The second kappa shape index (κ2) is 4.51. The van der Waals surface area contributed by atoms with Crippen LogP contribution in [0.2, 0.25) is 0 Å². The number of nitrogen functional groups attached to an aromatic ring is 1. The maximum absolute atomic E-state index is 5.86. The van der Waals surface area contributed by atoms with E-state index in [1.165, 1.54) is 0 Å². The van der Waals surface area contributed by atoms with Crippen LogP contribution in [-0.2, 0) is 4.74 Å². The molecule has 1 aliphatic heterocycles. The Hall–Kier alpha value is -1.51. The topological polar surface area (TPSA) is 78.3 Å². The Morgan fingerprint density at radius 3 is 3.00 bits per heavy atom. The van der Waals surface area contributed by atoms with Crippen molar-refractivity contribution in [2.24, 2.45) is 0 Å². The van der Waals surface area contributed by atoms with Gasteiger partial charge in [-0.15, -0.1) is 21.5 Å². The first kappa shape index (κ1) is 12.2. The second-order valence-corrected chi connectivity index (χ2v) is 6.92. The van der Waals surface area contributed by atoms with Crippen molar-refractivity contribution in [3.63, 3.8) is 0 Å². The Balaban J connectivity index is 1.81. The quantitative estimate of drug-likeness (QED) is 0.786. The number of fused-ring (bicyclic) bond motifs is 1. The van der Waals surface area contributed by atoms with Crippen molar-refractivity contribution in [2.75, 3.05) is 18.9 Å². The van der Waals surface area contributed by atoms with Gasteiger partial charge in [0.05, 0.1) is 16.5 Å². The third-order valence-electron chi connectivity index (χ3n) is 3.44. The Bertz CT molecular complexity index is 768. The average molecular weight is 307 g/mol. The van der Waals surface area contributed by atoms with Crippen LogP contribution < -0.4 is 5.73 Å². The van der Waals surface area contributed by atoms with E-state index in [1.54, 1.807) is 22.7 Å². The molecule has 0 aromatic carbocycles. The molecule has 0 saturated carbocycles. The van der Waals surface area contributed by atoms with Gasteiger partial charge in [-0.05, 0) is 25.0 Å². The molecule has 1 fully saturated rings. The van der Waals surface area contributed by atoms with E-state index in [1.807, 2.05) is 10.6 Å². The average Bonchev–Trinajstić information content (AvgIpc) is 3.11. The zero-order valence-corrected chi connectivity index (χ0v) is 12.5. The number of hydrogen-bond acceptors (Lipinski definition) is 7. The molecular weight excluding hydrogens is 294 g/mol. The van der Waals surface area contributed by atoms with Crippen LogP contribution in [0.5, 0.6) is 0 Å². The summed E-state index contributed by atoms with van der Waals surface area (Å²) in [4.78, 5) is 1.94. The highest BCUT2D eigenvalue weighted by Gasteiger charge is 2.25. The molecule has 4 rings (SSSR count). The maximum atomic E-state index is 5.86. The molecule has 0 amide bonds. The summed E-state index contributed by atoms with van der Waals surface area (Å²) in [6, 6.07) is 1.98. The summed E-state index contributed by atoms with van der Waals surface area (Å²) in [5.41, 5.74) is 7.02. The fourth-order valence-electron chi connectivity index (χ4n) is 2.44. The summed E-state index contributed by atoms with van der Waals surface area (Å²) in [6.07, 6.45) is 0.985. The largest absolute Gasteiger partial charge is 0.391 e. The maximum Gasteiger partial charge on any atom is 0.235 e. The third kappa shape index (κ3) is 1.83. The lowest BCUT2D eigenvalue weighted by Crippen LogP contribution is -2.04. The van der Waals surface area contributed by atoms with E-state index in [-0.39, 0.29) is 0 Å². The number of nitrogens with zero attached hydrogens (tertiary/aromatic N) is 4. The predicted octanol–water partition coefficient (Wildman–Crippen LogP) is 2.31. The Morgan fingerprint density at radius 1 is 1.40 bits per heavy atom. The zero-order chi connectivity index (χ0) is 13.7. The molecule has 2 N–H and O–H groups in total. The highest BCUT2D eigenvalue weighted by atomic mass is 32.1. The van der Waals surface area contributed by atoms with Gasteiger partial charge in [0, 0.05) is 12.5 Å². The molecule has 1 aliphatic rings. The molecule has 3 aromatic heterocycles. The minimum absolute atomic E-state index is 0.300. The summed E-state index contributed by atoms with van der Waals surface area (Å²) < 4.78 is 7.28. The fourth-order valence-corrected chi connectivity index (χ4v) is 4.36. The fraction of sp³-hybridized carbons (Fsp3) is 0.417. The molecule has 0 spiro atoms. The van der Waals surface area contributed by atoms with E-state index in [2.05, 4.69) is 22.2 Å². The molecular formula is C12H13N5OS2. The summed E-state index contributed by atoms with van der Waals surface area (Å²) >= 11 is 3.11. The number of hydrogen-bond donors (Lipinski definition) is 1. The smallest absolute Gasteiger partial charge is 0.235 e. The Morgan fingerprint density at radius 2 is 2.30 bits per heavy atom. The van der Waals surface area contributed by atoms with Crippen LogP contribution in [0.1, 0.15) is 23.7 Å². The van der Waals surface area contributed by atoms with Gasteiger partial charge in [-0.2, -0.15) is 9.61 Å². The molecule has 4 heterocycles.